The van der Waals surface area contributed by atoms with Crippen LogP contribution < -0.4 is 5.73 Å². The van der Waals surface area contributed by atoms with Gasteiger partial charge in [-0.1, -0.05) is 11.6 Å². The first-order valence-electron chi connectivity index (χ1n) is 4.96. The van der Waals surface area contributed by atoms with E-state index in [4.69, 9.17) is 22.1 Å². The second-order valence-corrected chi connectivity index (χ2v) is 6.31. The first-order chi connectivity index (χ1) is 7.18. The fraction of sp³-hybridized carbons (Fsp3) is 0.600. The van der Waals surface area contributed by atoms with E-state index in [-0.39, 0.29) is 6.04 Å². The van der Waals surface area contributed by atoms with Gasteiger partial charge in [-0.3, -0.25) is 0 Å². The molecule has 0 saturated carbocycles. The third-order valence-corrected chi connectivity index (χ3v) is 5.27. The van der Waals surface area contributed by atoms with E-state index in [2.05, 4.69) is 15.9 Å². The molecular formula is C10H13BrClNOS. The van der Waals surface area contributed by atoms with Crippen molar-refractivity contribution in [3.63, 3.8) is 0 Å². The van der Waals surface area contributed by atoms with Gasteiger partial charge < -0.3 is 10.5 Å². The maximum atomic E-state index is 6.20. The topological polar surface area (TPSA) is 35.2 Å². The summed E-state index contributed by atoms with van der Waals surface area (Å²) < 4.78 is 7.16. The third-order valence-electron chi connectivity index (χ3n) is 2.70. The zero-order valence-electron chi connectivity index (χ0n) is 8.21. The third kappa shape index (κ3) is 2.74. The second kappa shape index (κ2) is 5.15. The van der Waals surface area contributed by atoms with E-state index in [1.54, 1.807) is 11.3 Å². The molecule has 0 aromatic carbocycles. The summed E-state index contributed by atoms with van der Waals surface area (Å²) in [5, 5.41) is 0. The lowest BCUT2D eigenvalue weighted by atomic mass is 9.93. The first kappa shape index (κ1) is 11.9. The molecule has 5 heteroatoms. The Kier molecular flexibility index (Phi) is 4.07. The average Bonchev–Trinajstić information content (AvgIpc) is 2.59. The molecule has 0 radical (unpaired) electrons. The molecule has 1 aromatic heterocycles. The molecule has 15 heavy (non-hydrogen) atoms. The van der Waals surface area contributed by atoms with Crippen LogP contribution in [0.4, 0.5) is 0 Å². The number of rotatable bonds is 2. The summed E-state index contributed by atoms with van der Waals surface area (Å²) >= 11 is 11.0. The normalized spacial score (nSPS) is 24.1. The number of ether oxygens (including phenoxy) is 1. The average molecular weight is 311 g/mol. The van der Waals surface area contributed by atoms with Crippen molar-refractivity contribution in [2.24, 2.45) is 11.7 Å². The van der Waals surface area contributed by atoms with E-state index in [0.29, 0.717) is 5.92 Å². The minimum atomic E-state index is 0.0547. The van der Waals surface area contributed by atoms with Crippen molar-refractivity contribution in [3.8, 4) is 0 Å². The van der Waals surface area contributed by atoms with E-state index in [1.165, 1.54) is 0 Å². The second-order valence-electron chi connectivity index (χ2n) is 3.77. The molecule has 2 rings (SSSR count). The van der Waals surface area contributed by atoms with E-state index in [1.807, 2.05) is 6.07 Å². The molecule has 0 bridgehead atoms. The Bertz CT molecular complexity index is 319. The molecule has 2 heterocycles. The zero-order valence-corrected chi connectivity index (χ0v) is 11.4. The molecule has 2 N–H and O–H groups in total. The predicted octanol–water partition coefficient (Wildman–Crippen LogP) is 3.59. The minimum absolute atomic E-state index is 0.0547. The van der Waals surface area contributed by atoms with Gasteiger partial charge in [0, 0.05) is 27.9 Å². The van der Waals surface area contributed by atoms with Crippen molar-refractivity contribution in [2.45, 2.75) is 18.9 Å². The molecule has 1 fully saturated rings. The van der Waals surface area contributed by atoms with Crippen LogP contribution in [0.1, 0.15) is 23.8 Å². The van der Waals surface area contributed by atoms with Gasteiger partial charge in [0.1, 0.15) is 4.34 Å². The lowest BCUT2D eigenvalue weighted by Gasteiger charge is -2.26. The van der Waals surface area contributed by atoms with Gasteiger partial charge in [0.05, 0.1) is 6.61 Å². The van der Waals surface area contributed by atoms with Gasteiger partial charge in [0.15, 0.2) is 0 Å². The molecule has 1 aliphatic rings. The minimum Gasteiger partial charge on any atom is -0.381 e. The highest BCUT2D eigenvalue weighted by Gasteiger charge is 2.24. The Morgan fingerprint density at radius 1 is 1.67 bits per heavy atom. The molecule has 2 atom stereocenters. The van der Waals surface area contributed by atoms with Gasteiger partial charge in [-0.15, -0.1) is 11.3 Å². The molecule has 1 aromatic rings. The quantitative estimate of drug-likeness (QED) is 0.906. The van der Waals surface area contributed by atoms with Crippen LogP contribution in [0.3, 0.4) is 0 Å². The van der Waals surface area contributed by atoms with E-state index in [0.717, 1.165) is 39.7 Å². The van der Waals surface area contributed by atoms with Crippen LogP contribution >= 0.6 is 38.9 Å². The first-order valence-corrected chi connectivity index (χ1v) is 6.95. The molecular weight excluding hydrogens is 298 g/mol. The van der Waals surface area contributed by atoms with Crippen molar-refractivity contribution in [3.05, 3.63) is 19.8 Å². The standard InChI is InChI=1S/C10H13BrClNOS/c11-7-4-8(15-10(7)12)9(13)6-2-1-3-14-5-6/h4,6,9H,1-3,5,13H2. The molecule has 0 amide bonds. The van der Waals surface area contributed by atoms with Crippen LogP contribution in [0.2, 0.25) is 4.34 Å². The van der Waals surface area contributed by atoms with Crippen LogP contribution in [-0.2, 0) is 4.74 Å². The Balaban J connectivity index is 2.08. The maximum Gasteiger partial charge on any atom is 0.107 e. The summed E-state index contributed by atoms with van der Waals surface area (Å²) in [6.45, 7) is 1.65. The summed E-state index contributed by atoms with van der Waals surface area (Å²) in [6, 6.07) is 2.07. The van der Waals surface area contributed by atoms with Gasteiger partial charge in [0.2, 0.25) is 0 Å². The lowest BCUT2D eigenvalue weighted by molar-refractivity contribution is 0.0452. The van der Waals surface area contributed by atoms with Gasteiger partial charge in [0.25, 0.3) is 0 Å². The van der Waals surface area contributed by atoms with Crippen molar-refractivity contribution in [1.82, 2.24) is 0 Å². The van der Waals surface area contributed by atoms with Crippen molar-refractivity contribution in [2.75, 3.05) is 13.2 Å². The van der Waals surface area contributed by atoms with Gasteiger partial charge in [-0.25, -0.2) is 0 Å². The summed E-state index contributed by atoms with van der Waals surface area (Å²) in [4.78, 5) is 1.14. The SMILES string of the molecule is NC(c1cc(Br)c(Cl)s1)C1CCCOC1. The number of nitrogens with two attached hydrogens (primary N) is 1. The lowest BCUT2D eigenvalue weighted by Crippen LogP contribution is -2.28. The monoisotopic (exact) mass is 309 g/mol. The number of halogens is 2. The highest BCUT2D eigenvalue weighted by atomic mass is 79.9. The summed E-state index contributed by atoms with van der Waals surface area (Å²) in [7, 11) is 0. The molecule has 2 nitrogen and oxygen atoms in total. The van der Waals surface area contributed by atoms with Crippen molar-refractivity contribution >= 4 is 38.9 Å². The fourth-order valence-corrected chi connectivity index (χ4v) is 3.64. The van der Waals surface area contributed by atoms with E-state index < -0.39 is 0 Å². The van der Waals surface area contributed by atoms with Gasteiger partial charge in [-0.2, -0.15) is 0 Å². The number of thiophene rings is 1. The Labute approximate surface area is 107 Å². The van der Waals surface area contributed by atoms with E-state index in [9.17, 15) is 0 Å². The largest absolute Gasteiger partial charge is 0.381 e. The molecule has 1 aliphatic heterocycles. The summed E-state index contributed by atoms with van der Waals surface area (Å²) in [5.74, 6) is 0.431. The maximum absolute atomic E-state index is 6.20. The van der Waals surface area contributed by atoms with Crippen LogP contribution in [0.5, 0.6) is 0 Å². The Morgan fingerprint density at radius 3 is 3.00 bits per heavy atom. The molecule has 1 saturated heterocycles. The molecule has 2 unspecified atom stereocenters. The summed E-state index contributed by atoms with van der Waals surface area (Å²) in [5.41, 5.74) is 6.20. The van der Waals surface area contributed by atoms with E-state index >= 15 is 0 Å². The van der Waals surface area contributed by atoms with Crippen LogP contribution in [0.25, 0.3) is 0 Å². The molecule has 0 spiro atoms. The molecule has 0 aliphatic carbocycles. The number of hydrogen-bond donors (Lipinski definition) is 1. The fourth-order valence-electron chi connectivity index (χ4n) is 1.81. The highest BCUT2D eigenvalue weighted by Crippen LogP contribution is 2.38. The van der Waals surface area contributed by atoms with Crippen LogP contribution in [0, 0.1) is 5.92 Å². The van der Waals surface area contributed by atoms with Gasteiger partial charge >= 0.3 is 0 Å². The van der Waals surface area contributed by atoms with Crippen molar-refractivity contribution < 1.29 is 4.74 Å². The number of hydrogen-bond acceptors (Lipinski definition) is 3. The van der Waals surface area contributed by atoms with Crippen LogP contribution in [-0.4, -0.2) is 13.2 Å². The summed E-state index contributed by atoms with van der Waals surface area (Å²) in [6.07, 6.45) is 2.26. The molecule has 84 valence electrons. The van der Waals surface area contributed by atoms with Gasteiger partial charge in [-0.05, 0) is 34.8 Å². The Morgan fingerprint density at radius 2 is 2.47 bits per heavy atom. The van der Waals surface area contributed by atoms with Crippen LogP contribution in [0.15, 0.2) is 10.5 Å². The smallest absolute Gasteiger partial charge is 0.107 e. The predicted molar refractivity (Wildman–Crippen MR) is 67.5 cm³/mol. The van der Waals surface area contributed by atoms with Crippen molar-refractivity contribution in [1.29, 1.82) is 0 Å². The zero-order chi connectivity index (χ0) is 10.8. The highest BCUT2D eigenvalue weighted by molar-refractivity contribution is 9.10. The Hall–Kier alpha value is 0.390.